The Balaban J connectivity index is 2.33. The van der Waals surface area contributed by atoms with Crippen LogP contribution in [0.15, 0.2) is 28.9 Å². The Kier molecular flexibility index (Phi) is 4.66. The van der Waals surface area contributed by atoms with Crippen LogP contribution >= 0.6 is 39.1 Å². The number of alkyl halides is 1. The maximum Gasteiger partial charge on any atom is 0.222 e. The number of ether oxygens (including phenoxy) is 1. The van der Waals surface area contributed by atoms with Gasteiger partial charge in [-0.2, -0.15) is 0 Å². The molecule has 0 N–H and O–H groups in total. The Labute approximate surface area is 128 Å². The predicted molar refractivity (Wildman–Crippen MR) is 77.7 cm³/mol. The second-order valence-electron chi connectivity index (χ2n) is 3.90. The first kappa shape index (κ1) is 14.6. The second-order valence-corrected chi connectivity index (χ2v) is 5.43. The van der Waals surface area contributed by atoms with Gasteiger partial charge in [0, 0.05) is 23.7 Å². The van der Waals surface area contributed by atoms with Gasteiger partial charge >= 0.3 is 0 Å². The van der Waals surface area contributed by atoms with Crippen molar-refractivity contribution in [3.05, 3.63) is 50.8 Å². The molecule has 0 aliphatic rings. The van der Waals surface area contributed by atoms with Crippen LogP contribution in [0.5, 0.6) is 11.6 Å². The molecule has 0 bridgehead atoms. The van der Waals surface area contributed by atoms with Crippen molar-refractivity contribution in [3.63, 3.8) is 0 Å². The Morgan fingerprint density at radius 2 is 2.11 bits per heavy atom. The summed E-state index contributed by atoms with van der Waals surface area (Å²) in [5.41, 5.74) is 1.72. The maximum atomic E-state index is 13.4. The number of hydrogen-bond donors (Lipinski definition) is 0. The lowest BCUT2D eigenvalue weighted by atomic mass is 10.2. The normalized spacial score (nSPS) is 10.6. The number of hydrogen-bond acceptors (Lipinski definition) is 2. The Hall–Kier alpha value is -0.840. The minimum absolute atomic E-state index is 0.0291. The topological polar surface area (TPSA) is 22.1 Å². The lowest BCUT2D eigenvalue weighted by Gasteiger charge is -2.10. The number of aromatic nitrogens is 1. The zero-order valence-corrected chi connectivity index (χ0v) is 13.0. The van der Waals surface area contributed by atoms with Crippen LogP contribution in [0.3, 0.4) is 0 Å². The van der Waals surface area contributed by atoms with Gasteiger partial charge in [-0.25, -0.2) is 9.37 Å². The van der Waals surface area contributed by atoms with Gasteiger partial charge < -0.3 is 4.74 Å². The van der Waals surface area contributed by atoms with E-state index in [2.05, 4.69) is 20.9 Å². The van der Waals surface area contributed by atoms with Crippen LogP contribution < -0.4 is 4.74 Å². The Morgan fingerprint density at radius 1 is 1.37 bits per heavy atom. The van der Waals surface area contributed by atoms with Crippen LogP contribution in [0.1, 0.15) is 11.1 Å². The highest BCUT2D eigenvalue weighted by Crippen LogP contribution is 2.34. The van der Waals surface area contributed by atoms with Crippen LogP contribution in [-0.4, -0.2) is 4.98 Å². The molecule has 0 unspecified atom stereocenters. The molecule has 1 aromatic heterocycles. The van der Waals surface area contributed by atoms with E-state index in [4.69, 9.17) is 27.9 Å². The third-order valence-corrected chi connectivity index (χ3v) is 3.64. The summed E-state index contributed by atoms with van der Waals surface area (Å²) in [5, 5.41) is 0.0291. The molecule has 0 saturated carbocycles. The molecule has 2 rings (SSSR count). The lowest BCUT2D eigenvalue weighted by Crippen LogP contribution is -1.94. The standard InChI is InChI=1S/C13H9BrCl2FNO/c1-7-2-8(5-15)6-18-13(7)19-12-4-11(17)10(16)3-9(12)14/h2-4,6H,5H2,1H3. The van der Waals surface area contributed by atoms with Crippen LogP contribution in [0, 0.1) is 12.7 Å². The van der Waals surface area contributed by atoms with Crippen LogP contribution in [0.4, 0.5) is 4.39 Å². The highest BCUT2D eigenvalue weighted by atomic mass is 79.9. The minimum atomic E-state index is -0.546. The van der Waals surface area contributed by atoms with Gasteiger partial charge in [0.25, 0.3) is 0 Å². The van der Waals surface area contributed by atoms with Crippen molar-refractivity contribution in [1.29, 1.82) is 0 Å². The molecule has 100 valence electrons. The molecule has 0 saturated heterocycles. The number of benzene rings is 1. The smallest absolute Gasteiger partial charge is 0.222 e. The van der Waals surface area contributed by atoms with Crippen molar-refractivity contribution in [2.24, 2.45) is 0 Å². The number of pyridine rings is 1. The molecule has 0 aliphatic heterocycles. The van der Waals surface area contributed by atoms with Gasteiger partial charge in [-0.3, -0.25) is 0 Å². The van der Waals surface area contributed by atoms with Gasteiger partial charge in [0.2, 0.25) is 5.88 Å². The second kappa shape index (κ2) is 6.07. The molecule has 0 fully saturated rings. The van der Waals surface area contributed by atoms with Gasteiger partial charge in [-0.1, -0.05) is 11.6 Å². The quantitative estimate of drug-likeness (QED) is 0.531. The molecule has 1 heterocycles. The summed E-state index contributed by atoms with van der Waals surface area (Å²) < 4.78 is 19.5. The molecule has 1 aromatic carbocycles. The van der Waals surface area contributed by atoms with Crippen molar-refractivity contribution >= 4 is 39.1 Å². The molecule has 2 aromatic rings. The molecule has 0 spiro atoms. The average Bonchev–Trinajstić information content (AvgIpc) is 2.38. The molecule has 6 heteroatoms. The third kappa shape index (κ3) is 3.38. The van der Waals surface area contributed by atoms with Crippen molar-refractivity contribution in [2.75, 3.05) is 0 Å². The number of aryl methyl sites for hydroxylation is 1. The molecule has 0 amide bonds. The van der Waals surface area contributed by atoms with Gasteiger partial charge in [-0.05, 0) is 40.5 Å². The number of halogens is 4. The number of nitrogens with zero attached hydrogens (tertiary/aromatic N) is 1. The number of rotatable bonds is 3. The summed E-state index contributed by atoms with van der Waals surface area (Å²) in [7, 11) is 0. The van der Waals surface area contributed by atoms with Crippen LogP contribution in [-0.2, 0) is 5.88 Å². The van der Waals surface area contributed by atoms with E-state index in [1.54, 1.807) is 6.20 Å². The predicted octanol–water partition coefficient (Wildman–Crippen LogP) is 5.48. The Morgan fingerprint density at radius 3 is 2.74 bits per heavy atom. The van der Waals surface area contributed by atoms with E-state index in [9.17, 15) is 4.39 Å². The van der Waals surface area contributed by atoms with Crippen molar-refractivity contribution in [3.8, 4) is 11.6 Å². The minimum Gasteiger partial charge on any atom is -0.437 e. The van der Waals surface area contributed by atoms with Crippen molar-refractivity contribution in [1.82, 2.24) is 4.98 Å². The largest absolute Gasteiger partial charge is 0.437 e. The van der Waals surface area contributed by atoms with Gasteiger partial charge in [0.05, 0.1) is 9.50 Å². The monoisotopic (exact) mass is 363 g/mol. The first-order valence-electron chi connectivity index (χ1n) is 5.35. The fourth-order valence-corrected chi connectivity index (χ4v) is 2.35. The van der Waals surface area contributed by atoms with E-state index in [0.29, 0.717) is 22.0 Å². The summed E-state index contributed by atoms with van der Waals surface area (Å²) in [5.74, 6) is 0.551. The van der Waals surface area contributed by atoms with Gasteiger partial charge in [0.15, 0.2) is 0 Å². The van der Waals surface area contributed by atoms with E-state index in [-0.39, 0.29) is 5.02 Å². The summed E-state index contributed by atoms with van der Waals surface area (Å²) in [4.78, 5) is 4.15. The summed E-state index contributed by atoms with van der Waals surface area (Å²) in [6, 6.07) is 4.52. The fraction of sp³-hybridized carbons (Fsp3) is 0.154. The van der Waals surface area contributed by atoms with Crippen molar-refractivity contribution < 1.29 is 9.13 Å². The molecular formula is C13H9BrCl2FNO. The molecule has 19 heavy (non-hydrogen) atoms. The van der Waals surface area contributed by atoms with Gasteiger partial charge in [0.1, 0.15) is 11.6 Å². The lowest BCUT2D eigenvalue weighted by molar-refractivity contribution is 0.451. The summed E-state index contributed by atoms with van der Waals surface area (Å²) in [6.45, 7) is 1.85. The van der Waals surface area contributed by atoms with E-state index >= 15 is 0 Å². The fourth-order valence-electron chi connectivity index (χ4n) is 1.49. The first-order chi connectivity index (χ1) is 9.01. The van der Waals surface area contributed by atoms with E-state index in [1.807, 2.05) is 13.0 Å². The van der Waals surface area contributed by atoms with E-state index < -0.39 is 5.82 Å². The molecule has 0 radical (unpaired) electrons. The summed E-state index contributed by atoms with van der Waals surface area (Å²) in [6.07, 6.45) is 1.62. The van der Waals surface area contributed by atoms with E-state index in [0.717, 1.165) is 11.1 Å². The summed E-state index contributed by atoms with van der Waals surface area (Å²) >= 11 is 14.7. The SMILES string of the molecule is Cc1cc(CCl)cnc1Oc1cc(F)c(Cl)cc1Br. The Bertz CT molecular complexity index is 622. The zero-order chi connectivity index (χ0) is 14.0. The molecule has 0 aliphatic carbocycles. The zero-order valence-electron chi connectivity index (χ0n) is 9.88. The van der Waals surface area contributed by atoms with Crippen LogP contribution in [0.25, 0.3) is 0 Å². The molecule has 2 nitrogen and oxygen atoms in total. The highest BCUT2D eigenvalue weighted by molar-refractivity contribution is 9.10. The van der Waals surface area contributed by atoms with Gasteiger partial charge in [-0.15, -0.1) is 11.6 Å². The highest BCUT2D eigenvalue weighted by Gasteiger charge is 2.11. The third-order valence-electron chi connectivity index (χ3n) is 2.42. The van der Waals surface area contributed by atoms with Crippen LogP contribution in [0.2, 0.25) is 5.02 Å². The first-order valence-corrected chi connectivity index (χ1v) is 7.05. The molecule has 0 atom stereocenters. The van der Waals surface area contributed by atoms with E-state index in [1.165, 1.54) is 12.1 Å². The molecular weight excluding hydrogens is 356 g/mol. The maximum absolute atomic E-state index is 13.4. The average molecular weight is 365 g/mol. The van der Waals surface area contributed by atoms with Crippen molar-refractivity contribution in [2.45, 2.75) is 12.8 Å².